The van der Waals surface area contributed by atoms with Crippen molar-refractivity contribution in [3.63, 3.8) is 0 Å². The standard InChI is InChI=1S/C27H33N3O2/c1-18-12-19(2)27(20(3)13-18)28-26(32)17-29(6)16-25(31)24-14-21(4)30(22(24)5)15-23-10-8-7-9-11-23/h7-14H,15-17H2,1-6H3,(H,28,32). The summed E-state index contributed by atoms with van der Waals surface area (Å²) in [5.41, 5.74) is 8.04. The lowest BCUT2D eigenvalue weighted by Gasteiger charge is -2.18. The number of carbonyl (C=O) groups excluding carboxylic acids is 2. The zero-order chi connectivity index (χ0) is 23.4. The second kappa shape index (κ2) is 9.96. The number of hydrogen-bond acceptors (Lipinski definition) is 3. The number of aromatic nitrogens is 1. The van der Waals surface area contributed by atoms with Crippen LogP contribution in [0, 0.1) is 34.6 Å². The number of Topliss-reactive ketones (excluding diaryl/α,β-unsaturated/α-hetero) is 1. The third-order valence-electron chi connectivity index (χ3n) is 5.83. The third-order valence-corrected chi connectivity index (χ3v) is 5.83. The number of hydrogen-bond donors (Lipinski definition) is 1. The zero-order valence-corrected chi connectivity index (χ0v) is 20.0. The van der Waals surface area contributed by atoms with E-state index in [1.165, 1.54) is 11.1 Å². The lowest BCUT2D eigenvalue weighted by atomic mass is 10.1. The second-order valence-electron chi connectivity index (χ2n) is 8.77. The van der Waals surface area contributed by atoms with E-state index in [0.29, 0.717) is 0 Å². The van der Waals surface area contributed by atoms with Crippen molar-refractivity contribution in [2.24, 2.45) is 0 Å². The molecule has 0 radical (unpaired) electrons. The highest BCUT2D eigenvalue weighted by Crippen LogP contribution is 2.22. The van der Waals surface area contributed by atoms with Crippen molar-refractivity contribution in [3.05, 3.63) is 87.7 Å². The van der Waals surface area contributed by atoms with Crippen LogP contribution in [0.1, 0.15) is 44.0 Å². The first-order chi connectivity index (χ1) is 15.2. The molecule has 5 nitrogen and oxygen atoms in total. The van der Waals surface area contributed by atoms with E-state index in [4.69, 9.17) is 0 Å². The molecule has 0 aliphatic rings. The predicted octanol–water partition coefficient (Wildman–Crippen LogP) is 4.83. The Morgan fingerprint density at radius 3 is 2.16 bits per heavy atom. The van der Waals surface area contributed by atoms with Gasteiger partial charge in [0.25, 0.3) is 0 Å². The van der Waals surface area contributed by atoms with Gasteiger partial charge in [-0.3, -0.25) is 14.5 Å². The van der Waals surface area contributed by atoms with Gasteiger partial charge in [0.1, 0.15) is 0 Å². The summed E-state index contributed by atoms with van der Waals surface area (Å²) in [6.45, 7) is 11.1. The molecule has 0 unspecified atom stereocenters. The minimum absolute atomic E-state index is 0.0235. The fourth-order valence-corrected chi connectivity index (χ4v) is 4.28. The number of rotatable bonds is 8. The van der Waals surface area contributed by atoms with E-state index in [1.54, 1.807) is 11.9 Å². The van der Waals surface area contributed by atoms with Crippen molar-refractivity contribution in [2.45, 2.75) is 41.2 Å². The fourth-order valence-electron chi connectivity index (χ4n) is 4.28. The molecule has 2 aromatic carbocycles. The maximum absolute atomic E-state index is 13.0. The Kier molecular flexibility index (Phi) is 7.31. The molecule has 0 spiro atoms. The molecule has 3 aromatic rings. The summed E-state index contributed by atoms with van der Waals surface area (Å²) in [7, 11) is 1.80. The number of nitrogens with one attached hydrogen (secondary N) is 1. The average Bonchev–Trinajstić information content (AvgIpc) is 2.99. The Bertz CT molecular complexity index is 1110. The van der Waals surface area contributed by atoms with Crippen LogP contribution in [0.25, 0.3) is 0 Å². The van der Waals surface area contributed by atoms with Gasteiger partial charge in [-0.05, 0) is 64.4 Å². The Hall–Kier alpha value is -3.18. The highest BCUT2D eigenvalue weighted by atomic mass is 16.2. The van der Waals surface area contributed by atoms with Gasteiger partial charge in [-0.15, -0.1) is 0 Å². The number of carbonyl (C=O) groups is 2. The van der Waals surface area contributed by atoms with Gasteiger partial charge in [0, 0.05) is 29.2 Å². The quantitative estimate of drug-likeness (QED) is 0.520. The van der Waals surface area contributed by atoms with Crippen LogP contribution >= 0.6 is 0 Å². The molecule has 0 aliphatic heterocycles. The lowest BCUT2D eigenvalue weighted by Crippen LogP contribution is -2.34. The van der Waals surface area contributed by atoms with E-state index in [1.807, 2.05) is 58.9 Å². The summed E-state index contributed by atoms with van der Waals surface area (Å²) in [5.74, 6) is -0.0969. The van der Waals surface area contributed by atoms with Gasteiger partial charge in [0.15, 0.2) is 5.78 Å². The average molecular weight is 432 g/mol. The third kappa shape index (κ3) is 5.54. The van der Waals surface area contributed by atoms with Crippen LogP contribution in [0.2, 0.25) is 0 Å². The summed E-state index contributed by atoms with van der Waals surface area (Å²) in [5, 5.41) is 3.01. The number of amides is 1. The summed E-state index contributed by atoms with van der Waals surface area (Å²) in [6.07, 6.45) is 0. The van der Waals surface area contributed by atoms with E-state index in [2.05, 4.69) is 34.1 Å². The fraction of sp³-hybridized carbons (Fsp3) is 0.333. The van der Waals surface area contributed by atoms with Crippen LogP contribution < -0.4 is 5.32 Å². The van der Waals surface area contributed by atoms with Gasteiger partial charge in [0.05, 0.1) is 13.1 Å². The topological polar surface area (TPSA) is 54.3 Å². The number of benzene rings is 2. The number of ketones is 1. The maximum atomic E-state index is 13.0. The van der Waals surface area contributed by atoms with Crippen molar-refractivity contribution >= 4 is 17.4 Å². The monoisotopic (exact) mass is 431 g/mol. The molecule has 32 heavy (non-hydrogen) atoms. The van der Waals surface area contributed by atoms with E-state index in [-0.39, 0.29) is 24.8 Å². The highest BCUT2D eigenvalue weighted by Gasteiger charge is 2.19. The lowest BCUT2D eigenvalue weighted by molar-refractivity contribution is -0.116. The molecule has 0 saturated heterocycles. The van der Waals surface area contributed by atoms with Crippen LogP contribution in [-0.2, 0) is 11.3 Å². The number of anilines is 1. The van der Waals surface area contributed by atoms with E-state index >= 15 is 0 Å². The number of aryl methyl sites for hydroxylation is 4. The molecule has 1 amide bonds. The van der Waals surface area contributed by atoms with Gasteiger partial charge in [0.2, 0.25) is 5.91 Å². The minimum atomic E-state index is -0.120. The minimum Gasteiger partial charge on any atom is -0.344 e. The SMILES string of the molecule is Cc1cc(C)c(NC(=O)CN(C)CC(=O)c2cc(C)n(Cc3ccccc3)c2C)c(C)c1. The molecule has 3 rings (SSSR count). The van der Waals surface area contributed by atoms with Gasteiger partial charge < -0.3 is 9.88 Å². The van der Waals surface area contributed by atoms with Crippen molar-refractivity contribution in [2.75, 3.05) is 25.5 Å². The largest absolute Gasteiger partial charge is 0.344 e. The Morgan fingerprint density at radius 2 is 1.53 bits per heavy atom. The molecule has 5 heteroatoms. The van der Waals surface area contributed by atoms with E-state index < -0.39 is 0 Å². The highest BCUT2D eigenvalue weighted by molar-refractivity contribution is 5.99. The van der Waals surface area contributed by atoms with Crippen LogP contribution in [0.3, 0.4) is 0 Å². The van der Waals surface area contributed by atoms with E-state index in [9.17, 15) is 9.59 Å². The van der Waals surface area contributed by atoms with E-state index in [0.717, 1.165) is 40.3 Å². The normalized spacial score (nSPS) is 11.1. The molecule has 168 valence electrons. The first kappa shape index (κ1) is 23.5. The smallest absolute Gasteiger partial charge is 0.238 e. The molecular weight excluding hydrogens is 398 g/mol. The van der Waals surface area contributed by atoms with Crippen molar-refractivity contribution < 1.29 is 9.59 Å². The molecule has 0 saturated carbocycles. The van der Waals surface area contributed by atoms with Gasteiger partial charge >= 0.3 is 0 Å². The molecule has 0 atom stereocenters. The number of likely N-dealkylation sites (N-methyl/N-ethyl adjacent to an activating group) is 1. The summed E-state index contributed by atoms with van der Waals surface area (Å²) < 4.78 is 2.16. The molecule has 0 bridgehead atoms. The maximum Gasteiger partial charge on any atom is 0.238 e. The predicted molar refractivity (Wildman–Crippen MR) is 131 cm³/mol. The first-order valence-corrected chi connectivity index (χ1v) is 11.0. The molecule has 1 N–H and O–H groups in total. The molecular formula is C27H33N3O2. The Labute approximate surface area is 191 Å². The van der Waals surface area contributed by atoms with Crippen LogP contribution in [-0.4, -0.2) is 41.3 Å². The van der Waals surface area contributed by atoms with Crippen LogP contribution in [0.15, 0.2) is 48.5 Å². The van der Waals surface area contributed by atoms with Crippen molar-refractivity contribution in [1.82, 2.24) is 9.47 Å². The zero-order valence-electron chi connectivity index (χ0n) is 20.0. The molecule has 1 aromatic heterocycles. The Morgan fingerprint density at radius 1 is 0.906 bits per heavy atom. The first-order valence-electron chi connectivity index (χ1n) is 11.0. The second-order valence-corrected chi connectivity index (χ2v) is 8.77. The molecule has 1 heterocycles. The van der Waals surface area contributed by atoms with Gasteiger partial charge in [-0.2, -0.15) is 0 Å². The van der Waals surface area contributed by atoms with Crippen LogP contribution in [0.4, 0.5) is 5.69 Å². The van der Waals surface area contributed by atoms with Crippen molar-refractivity contribution in [1.29, 1.82) is 0 Å². The summed E-state index contributed by atoms with van der Waals surface area (Å²) in [6, 6.07) is 16.3. The Balaban J connectivity index is 1.63. The summed E-state index contributed by atoms with van der Waals surface area (Å²) >= 11 is 0. The van der Waals surface area contributed by atoms with Gasteiger partial charge in [-0.25, -0.2) is 0 Å². The molecule has 0 fully saturated rings. The van der Waals surface area contributed by atoms with Crippen molar-refractivity contribution in [3.8, 4) is 0 Å². The van der Waals surface area contributed by atoms with Crippen LogP contribution in [0.5, 0.6) is 0 Å². The molecule has 0 aliphatic carbocycles. The number of nitrogens with zero attached hydrogens (tertiary/aromatic N) is 2. The van der Waals surface area contributed by atoms with Gasteiger partial charge in [-0.1, -0.05) is 48.0 Å². The summed E-state index contributed by atoms with van der Waals surface area (Å²) in [4.78, 5) is 27.3.